The molecule has 0 amide bonds. The van der Waals surface area contributed by atoms with Crippen molar-refractivity contribution in [1.82, 2.24) is 9.55 Å². The molecule has 0 bridgehead atoms. The van der Waals surface area contributed by atoms with Crippen molar-refractivity contribution in [1.29, 1.82) is 0 Å². The smallest absolute Gasteiger partial charge is 0.352 e. The average Bonchev–Trinajstić information content (AvgIpc) is 2.55. The van der Waals surface area contributed by atoms with E-state index in [1.165, 1.54) is 6.07 Å². The van der Waals surface area contributed by atoms with Gasteiger partial charge < -0.3 is 9.64 Å². The van der Waals surface area contributed by atoms with Gasteiger partial charge in [0, 0.05) is 25.2 Å². The Balaban J connectivity index is 1.84. The molecule has 3 rings (SSSR count). The van der Waals surface area contributed by atoms with Crippen LogP contribution in [0.3, 0.4) is 0 Å². The monoisotopic (exact) mass is 335 g/mol. The number of fused-ring (bicyclic) bond motifs is 1. The van der Waals surface area contributed by atoms with E-state index in [1.54, 1.807) is 10.6 Å². The fourth-order valence-electron chi connectivity index (χ4n) is 2.82. The Labute approximate surface area is 138 Å². The number of hydrogen-bond acceptors (Lipinski definition) is 4. The Morgan fingerprint density at radius 1 is 1.21 bits per heavy atom. The molecule has 0 radical (unpaired) electrons. The summed E-state index contributed by atoms with van der Waals surface area (Å²) in [6.07, 6.45) is 0.891. The van der Waals surface area contributed by atoms with Gasteiger partial charge in [-0.25, -0.2) is 13.6 Å². The van der Waals surface area contributed by atoms with Gasteiger partial charge in [0.15, 0.2) is 11.6 Å². The van der Waals surface area contributed by atoms with Gasteiger partial charge in [-0.2, -0.15) is 4.98 Å². The van der Waals surface area contributed by atoms with Crippen molar-refractivity contribution in [2.24, 2.45) is 0 Å². The van der Waals surface area contributed by atoms with Gasteiger partial charge in [0.05, 0.1) is 0 Å². The zero-order valence-electron chi connectivity index (χ0n) is 13.6. The van der Waals surface area contributed by atoms with Crippen LogP contribution < -0.4 is 15.3 Å². The number of ether oxygens (including phenoxy) is 1. The van der Waals surface area contributed by atoms with Gasteiger partial charge in [-0.05, 0) is 38.0 Å². The molecule has 0 aliphatic carbocycles. The normalized spacial score (nSPS) is 14.0. The molecule has 24 heavy (non-hydrogen) atoms. The van der Waals surface area contributed by atoms with Gasteiger partial charge in [-0.15, -0.1) is 0 Å². The number of benzene rings is 1. The molecule has 7 heteroatoms. The van der Waals surface area contributed by atoms with E-state index in [9.17, 15) is 13.6 Å². The van der Waals surface area contributed by atoms with E-state index in [-0.39, 0.29) is 24.2 Å². The fourth-order valence-corrected chi connectivity index (χ4v) is 2.82. The van der Waals surface area contributed by atoms with E-state index < -0.39 is 11.6 Å². The molecule has 1 aromatic heterocycles. The van der Waals surface area contributed by atoms with Crippen molar-refractivity contribution in [2.45, 2.75) is 39.5 Å². The minimum atomic E-state index is -0.930. The highest BCUT2D eigenvalue weighted by Crippen LogP contribution is 2.24. The molecule has 0 spiro atoms. The summed E-state index contributed by atoms with van der Waals surface area (Å²) >= 11 is 0. The molecular weight excluding hydrogens is 316 g/mol. The second-order valence-electron chi connectivity index (χ2n) is 6.06. The van der Waals surface area contributed by atoms with E-state index in [2.05, 4.69) is 23.7 Å². The Kier molecular flexibility index (Phi) is 4.51. The zero-order chi connectivity index (χ0) is 17.3. The first-order valence-electron chi connectivity index (χ1n) is 7.91. The lowest BCUT2D eigenvalue weighted by Gasteiger charge is -2.34. The number of hydrogen-bond donors (Lipinski definition) is 0. The highest BCUT2D eigenvalue weighted by atomic mass is 19.2. The van der Waals surface area contributed by atoms with Gasteiger partial charge in [-0.1, -0.05) is 6.07 Å². The molecule has 0 saturated carbocycles. The SMILES string of the molecule is CC(C)N1CCCn2c1cc(OCc1ccc(F)c(F)c1)nc2=O. The molecule has 1 aliphatic heterocycles. The Bertz CT molecular complexity index is 805. The van der Waals surface area contributed by atoms with E-state index >= 15 is 0 Å². The van der Waals surface area contributed by atoms with Crippen LogP contribution >= 0.6 is 0 Å². The maximum Gasteiger partial charge on any atom is 0.352 e. The zero-order valence-corrected chi connectivity index (χ0v) is 13.6. The first kappa shape index (κ1) is 16.4. The number of aromatic nitrogens is 2. The summed E-state index contributed by atoms with van der Waals surface area (Å²) in [6, 6.07) is 5.52. The predicted octanol–water partition coefficient (Wildman–Crippen LogP) is 2.72. The van der Waals surface area contributed by atoms with Gasteiger partial charge in [0.1, 0.15) is 12.4 Å². The summed E-state index contributed by atoms with van der Waals surface area (Å²) in [7, 11) is 0. The molecule has 0 atom stereocenters. The second kappa shape index (κ2) is 6.59. The first-order valence-corrected chi connectivity index (χ1v) is 7.91. The van der Waals surface area contributed by atoms with Gasteiger partial charge in [0.25, 0.3) is 0 Å². The van der Waals surface area contributed by atoms with Crippen molar-refractivity contribution in [3.63, 3.8) is 0 Å². The van der Waals surface area contributed by atoms with Gasteiger partial charge in [0.2, 0.25) is 5.88 Å². The Morgan fingerprint density at radius 2 is 2.00 bits per heavy atom. The molecule has 0 N–H and O–H groups in total. The summed E-state index contributed by atoms with van der Waals surface area (Å²) in [5.74, 6) is -0.878. The molecule has 0 saturated heterocycles. The van der Waals surface area contributed by atoms with Crippen LogP contribution in [0.25, 0.3) is 0 Å². The van der Waals surface area contributed by atoms with Crippen LogP contribution in [0.2, 0.25) is 0 Å². The standard InChI is InChI=1S/C17H19F2N3O2/c1-11(2)21-6-3-7-22-16(21)9-15(20-17(22)23)24-10-12-4-5-13(18)14(19)8-12/h4-5,8-9,11H,3,6-7,10H2,1-2H3. The lowest BCUT2D eigenvalue weighted by atomic mass is 10.2. The summed E-state index contributed by atoms with van der Waals surface area (Å²) in [5, 5.41) is 0. The van der Waals surface area contributed by atoms with Gasteiger partial charge >= 0.3 is 5.69 Å². The maximum atomic E-state index is 13.2. The van der Waals surface area contributed by atoms with E-state index in [0.717, 1.165) is 30.9 Å². The number of nitrogens with zero attached hydrogens (tertiary/aromatic N) is 3. The van der Waals surface area contributed by atoms with E-state index in [4.69, 9.17) is 4.74 Å². The summed E-state index contributed by atoms with van der Waals surface area (Å²) in [6.45, 7) is 5.62. The highest BCUT2D eigenvalue weighted by Gasteiger charge is 2.21. The minimum absolute atomic E-state index is 0.00870. The molecule has 0 fully saturated rings. The third-order valence-corrected chi connectivity index (χ3v) is 4.03. The highest BCUT2D eigenvalue weighted by molar-refractivity contribution is 5.44. The molecule has 5 nitrogen and oxygen atoms in total. The van der Waals surface area contributed by atoms with Crippen molar-refractivity contribution < 1.29 is 13.5 Å². The van der Waals surface area contributed by atoms with Crippen LogP contribution in [0.15, 0.2) is 29.1 Å². The largest absolute Gasteiger partial charge is 0.473 e. The van der Waals surface area contributed by atoms with Crippen LogP contribution in [-0.4, -0.2) is 22.1 Å². The molecule has 128 valence electrons. The molecule has 1 aromatic carbocycles. The van der Waals surface area contributed by atoms with Gasteiger partial charge in [-0.3, -0.25) is 4.57 Å². The topological polar surface area (TPSA) is 47.4 Å². The predicted molar refractivity (Wildman–Crippen MR) is 86.3 cm³/mol. The summed E-state index contributed by atoms with van der Waals surface area (Å²) in [4.78, 5) is 18.2. The summed E-state index contributed by atoms with van der Waals surface area (Å²) < 4.78 is 33.3. The van der Waals surface area contributed by atoms with Crippen LogP contribution in [0, 0.1) is 11.6 Å². The maximum absolute atomic E-state index is 13.2. The van der Waals surface area contributed by atoms with Crippen molar-refractivity contribution in [2.75, 3.05) is 11.4 Å². The van der Waals surface area contributed by atoms with E-state index in [0.29, 0.717) is 12.1 Å². The summed E-state index contributed by atoms with van der Waals surface area (Å²) in [5.41, 5.74) is 0.104. The van der Waals surface area contributed by atoms with Crippen LogP contribution in [-0.2, 0) is 13.2 Å². The number of halogens is 2. The molecule has 2 aromatic rings. The Hall–Kier alpha value is -2.44. The van der Waals surface area contributed by atoms with Crippen LogP contribution in [0.5, 0.6) is 5.88 Å². The number of rotatable bonds is 4. The molecule has 0 unspecified atom stereocenters. The molecule has 2 heterocycles. The molecule has 1 aliphatic rings. The molecular formula is C17H19F2N3O2. The van der Waals surface area contributed by atoms with Crippen LogP contribution in [0.1, 0.15) is 25.8 Å². The van der Waals surface area contributed by atoms with Crippen molar-refractivity contribution >= 4 is 5.82 Å². The van der Waals surface area contributed by atoms with Crippen molar-refractivity contribution in [3.05, 3.63) is 51.9 Å². The third kappa shape index (κ3) is 3.25. The van der Waals surface area contributed by atoms with E-state index in [1.807, 2.05) is 0 Å². The third-order valence-electron chi connectivity index (χ3n) is 4.03. The second-order valence-corrected chi connectivity index (χ2v) is 6.06. The van der Waals surface area contributed by atoms with Crippen LogP contribution in [0.4, 0.5) is 14.6 Å². The first-order chi connectivity index (χ1) is 11.5. The lowest BCUT2D eigenvalue weighted by molar-refractivity contribution is 0.289. The van der Waals surface area contributed by atoms with Crippen molar-refractivity contribution in [3.8, 4) is 5.88 Å². The lowest BCUT2D eigenvalue weighted by Crippen LogP contribution is -2.42. The quantitative estimate of drug-likeness (QED) is 0.862. The minimum Gasteiger partial charge on any atom is -0.473 e. The number of anilines is 1. The Morgan fingerprint density at radius 3 is 2.71 bits per heavy atom. The average molecular weight is 335 g/mol. The fraction of sp³-hybridized carbons (Fsp3) is 0.412.